The van der Waals surface area contributed by atoms with Crippen molar-refractivity contribution in [3.63, 3.8) is 0 Å². The van der Waals surface area contributed by atoms with Gasteiger partial charge in [-0.05, 0) is 24.5 Å². The van der Waals surface area contributed by atoms with Crippen LogP contribution < -0.4 is 5.32 Å². The molecule has 2 rings (SSSR count). The van der Waals surface area contributed by atoms with E-state index in [1.165, 1.54) is 23.4 Å². The first kappa shape index (κ1) is 16.6. The number of rotatable bonds is 4. The highest BCUT2D eigenvalue weighted by molar-refractivity contribution is 5.93. The molecule has 2 aromatic rings. The lowest BCUT2D eigenvalue weighted by atomic mass is 9.85. The van der Waals surface area contributed by atoms with Crippen molar-refractivity contribution in [3.8, 4) is 0 Å². The number of amides is 1. The average Bonchev–Trinajstić information content (AvgIpc) is 2.99. The van der Waals surface area contributed by atoms with Crippen molar-refractivity contribution in [2.45, 2.75) is 39.2 Å². The molecular formula is C15H19N5O3. The van der Waals surface area contributed by atoms with Crippen molar-refractivity contribution in [3.05, 3.63) is 46.5 Å². The van der Waals surface area contributed by atoms with Gasteiger partial charge in [0, 0.05) is 17.3 Å². The smallest absolute Gasteiger partial charge is 0.275 e. The summed E-state index contributed by atoms with van der Waals surface area (Å²) in [6, 6.07) is 4.15. The first-order valence-corrected chi connectivity index (χ1v) is 7.14. The standard InChI is InChI=1S/C15H19N5O3/c1-10(19-9-16-8-17-19)14(21)18-11-5-6-12(15(2,3)4)13(7-11)20(22)23/h5-10H,1-4H3,(H,18,21)/t10-/m1/s1. The molecule has 1 amide bonds. The molecular weight excluding hydrogens is 298 g/mol. The van der Waals surface area contributed by atoms with Gasteiger partial charge in [-0.3, -0.25) is 14.9 Å². The molecule has 8 heteroatoms. The van der Waals surface area contributed by atoms with E-state index in [0.29, 0.717) is 11.3 Å². The number of hydrogen-bond donors (Lipinski definition) is 1. The van der Waals surface area contributed by atoms with E-state index in [4.69, 9.17) is 0 Å². The van der Waals surface area contributed by atoms with Gasteiger partial charge in [-0.1, -0.05) is 20.8 Å². The first-order valence-electron chi connectivity index (χ1n) is 7.14. The number of carbonyl (C=O) groups is 1. The molecule has 1 aromatic carbocycles. The van der Waals surface area contributed by atoms with Crippen LogP contribution in [0.15, 0.2) is 30.9 Å². The Labute approximate surface area is 133 Å². The summed E-state index contributed by atoms with van der Waals surface area (Å²) in [5.41, 5.74) is 0.620. The summed E-state index contributed by atoms with van der Waals surface area (Å²) < 4.78 is 1.41. The Morgan fingerprint density at radius 1 is 1.39 bits per heavy atom. The first-order chi connectivity index (χ1) is 10.7. The van der Waals surface area contributed by atoms with E-state index in [-0.39, 0.29) is 17.0 Å². The van der Waals surface area contributed by atoms with Crippen LogP contribution in [0.4, 0.5) is 11.4 Å². The summed E-state index contributed by atoms with van der Waals surface area (Å²) in [6.45, 7) is 7.38. The molecule has 0 aliphatic carbocycles. The molecule has 0 radical (unpaired) electrons. The number of nitro benzene ring substituents is 1. The highest BCUT2D eigenvalue weighted by Gasteiger charge is 2.25. The Hall–Kier alpha value is -2.77. The fourth-order valence-electron chi connectivity index (χ4n) is 2.18. The van der Waals surface area contributed by atoms with E-state index in [9.17, 15) is 14.9 Å². The van der Waals surface area contributed by atoms with Crippen LogP contribution in [0.2, 0.25) is 0 Å². The third kappa shape index (κ3) is 3.71. The molecule has 0 spiro atoms. The third-order valence-electron chi connectivity index (χ3n) is 3.48. The number of nitro groups is 1. The van der Waals surface area contributed by atoms with Gasteiger partial charge in [0.2, 0.25) is 5.91 Å². The second-order valence-electron chi connectivity index (χ2n) is 6.28. The van der Waals surface area contributed by atoms with Crippen LogP contribution in [-0.2, 0) is 10.2 Å². The van der Waals surface area contributed by atoms with Crippen molar-refractivity contribution < 1.29 is 9.72 Å². The Kier molecular flexibility index (Phi) is 4.44. The lowest BCUT2D eigenvalue weighted by Crippen LogP contribution is -2.24. The minimum Gasteiger partial charge on any atom is -0.324 e. The molecule has 0 unspecified atom stereocenters. The second kappa shape index (κ2) is 6.15. The number of nitrogens with one attached hydrogen (secondary N) is 1. The van der Waals surface area contributed by atoms with Crippen molar-refractivity contribution in [1.82, 2.24) is 14.8 Å². The van der Waals surface area contributed by atoms with E-state index < -0.39 is 11.0 Å². The summed E-state index contributed by atoms with van der Waals surface area (Å²) in [5.74, 6) is -0.326. The van der Waals surface area contributed by atoms with Gasteiger partial charge in [-0.15, -0.1) is 0 Å². The van der Waals surface area contributed by atoms with E-state index >= 15 is 0 Å². The lowest BCUT2D eigenvalue weighted by molar-refractivity contribution is -0.385. The van der Waals surface area contributed by atoms with Gasteiger partial charge in [0.25, 0.3) is 5.69 Å². The van der Waals surface area contributed by atoms with Crippen molar-refractivity contribution in [2.75, 3.05) is 5.32 Å². The summed E-state index contributed by atoms with van der Waals surface area (Å²) in [6.07, 6.45) is 2.78. The van der Waals surface area contributed by atoms with E-state index in [1.54, 1.807) is 19.1 Å². The molecule has 1 N–H and O–H groups in total. The monoisotopic (exact) mass is 317 g/mol. The number of aromatic nitrogens is 3. The van der Waals surface area contributed by atoms with Crippen molar-refractivity contribution >= 4 is 17.3 Å². The molecule has 1 aromatic heterocycles. The third-order valence-corrected chi connectivity index (χ3v) is 3.48. The summed E-state index contributed by atoms with van der Waals surface area (Å²) >= 11 is 0. The molecule has 8 nitrogen and oxygen atoms in total. The lowest BCUT2D eigenvalue weighted by Gasteiger charge is -2.19. The second-order valence-corrected chi connectivity index (χ2v) is 6.28. The van der Waals surface area contributed by atoms with Gasteiger partial charge < -0.3 is 5.32 Å². The molecule has 1 heterocycles. The maximum absolute atomic E-state index is 12.2. The van der Waals surface area contributed by atoms with Gasteiger partial charge in [0.05, 0.1) is 4.92 Å². The molecule has 0 saturated carbocycles. The molecule has 0 aliphatic rings. The van der Waals surface area contributed by atoms with Gasteiger partial charge in [-0.2, -0.15) is 5.10 Å². The number of nitrogens with zero attached hydrogens (tertiary/aromatic N) is 4. The van der Waals surface area contributed by atoms with Crippen LogP contribution in [-0.4, -0.2) is 25.6 Å². The zero-order chi connectivity index (χ0) is 17.2. The molecule has 0 saturated heterocycles. The maximum Gasteiger partial charge on any atom is 0.275 e. The van der Waals surface area contributed by atoms with Crippen LogP contribution in [0.3, 0.4) is 0 Å². The van der Waals surface area contributed by atoms with E-state index in [2.05, 4.69) is 15.4 Å². The summed E-state index contributed by atoms with van der Waals surface area (Å²) in [4.78, 5) is 26.9. The maximum atomic E-state index is 12.2. The topological polar surface area (TPSA) is 103 Å². The van der Waals surface area contributed by atoms with Gasteiger partial charge in [0.1, 0.15) is 18.7 Å². The largest absolute Gasteiger partial charge is 0.324 e. The minimum atomic E-state index is -0.571. The Bertz CT molecular complexity index is 719. The van der Waals surface area contributed by atoms with Gasteiger partial charge in [0.15, 0.2) is 0 Å². The highest BCUT2D eigenvalue weighted by Crippen LogP contribution is 2.33. The Morgan fingerprint density at radius 2 is 2.09 bits per heavy atom. The molecule has 0 bridgehead atoms. The molecule has 1 atom stereocenters. The Morgan fingerprint density at radius 3 is 2.61 bits per heavy atom. The van der Waals surface area contributed by atoms with E-state index in [0.717, 1.165) is 0 Å². The number of carbonyl (C=O) groups excluding carboxylic acids is 1. The fourth-order valence-corrected chi connectivity index (χ4v) is 2.18. The number of benzene rings is 1. The predicted molar refractivity (Wildman–Crippen MR) is 85.2 cm³/mol. The van der Waals surface area contributed by atoms with Gasteiger partial charge >= 0.3 is 0 Å². The minimum absolute atomic E-state index is 0.0105. The van der Waals surface area contributed by atoms with Crippen molar-refractivity contribution in [2.24, 2.45) is 0 Å². The predicted octanol–water partition coefficient (Wildman–Crippen LogP) is 2.68. The van der Waals surface area contributed by atoms with Crippen LogP contribution >= 0.6 is 0 Å². The Balaban J connectivity index is 2.26. The normalized spacial score (nSPS) is 12.7. The molecule has 0 fully saturated rings. The van der Waals surface area contributed by atoms with Gasteiger partial charge in [-0.25, -0.2) is 9.67 Å². The van der Waals surface area contributed by atoms with Crippen molar-refractivity contribution in [1.29, 1.82) is 0 Å². The van der Waals surface area contributed by atoms with Crippen LogP contribution in [0.25, 0.3) is 0 Å². The number of hydrogen-bond acceptors (Lipinski definition) is 5. The van der Waals surface area contributed by atoms with Crippen LogP contribution in [0, 0.1) is 10.1 Å². The zero-order valence-electron chi connectivity index (χ0n) is 13.5. The molecule has 122 valence electrons. The van der Waals surface area contributed by atoms with Crippen LogP contribution in [0.1, 0.15) is 39.3 Å². The average molecular weight is 317 g/mol. The van der Waals surface area contributed by atoms with Crippen LogP contribution in [0.5, 0.6) is 0 Å². The summed E-state index contributed by atoms with van der Waals surface area (Å²) in [7, 11) is 0. The molecule has 23 heavy (non-hydrogen) atoms. The summed E-state index contributed by atoms with van der Waals surface area (Å²) in [5, 5.41) is 17.9. The number of anilines is 1. The SMILES string of the molecule is C[C@H](C(=O)Nc1ccc(C(C)(C)C)c([N+](=O)[O-])c1)n1cncn1. The van der Waals surface area contributed by atoms with E-state index in [1.807, 2.05) is 20.8 Å². The quantitative estimate of drug-likeness (QED) is 0.689. The highest BCUT2D eigenvalue weighted by atomic mass is 16.6. The molecule has 0 aliphatic heterocycles. The zero-order valence-corrected chi connectivity index (χ0v) is 13.5. The fraction of sp³-hybridized carbons (Fsp3) is 0.400.